The third kappa shape index (κ3) is 6.68. The van der Waals surface area contributed by atoms with Crippen LogP contribution >= 0.6 is 0 Å². The number of halogens is 2. The van der Waals surface area contributed by atoms with Crippen molar-refractivity contribution >= 4 is 24.1 Å². The molecule has 4 aliphatic heterocycles. The van der Waals surface area contributed by atoms with E-state index < -0.39 is 72.7 Å². The first-order chi connectivity index (χ1) is 21.2. The number of ether oxygens (including phenoxy) is 3. The highest BCUT2D eigenvalue weighted by atomic mass is 19.1. The predicted molar refractivity (Wildman–Crippen MR) is 150 cm³/mol. The zero-order chi connectivity index (χ0) is 31.4. The van der Waals surface area contributed by atoms with Crippen LogP contribution in [0.5, 0.6) is 0 Å². The van der Waals surface area contributed by atoms with Crippen molar-refractivity contribution < 1.29 is 47.6 Å². The minimum absolute atomic E-state index is 0.250. The zero-order valence-corrected chi connectivity index (χ0v) is 23.8. The van der Waals surface area contributed by atoms with E-state index in [1.54, 1.807) is 54.7 Å². The van der Waals surface area contributed by atoms with Crippen LogP contribution in [-0.2, 0) is 28.6 Å². The molecule has 11 nitrogen and oxygen atoms in total. The zero-order valence-electron chi connectivity index (χ0n) is 23.8. The monoisotopic (exact) mass is 613 g/mol. The minimum Gasteiger partial charge on any atom is -0.459 e. The summed E-state index contributed by atoms with van der Waals surface area (Å²) in [7, 11) is 0. The van der Waals surface area contributed by atoms with Gasteiger partial charge in [-0.1, -0.05) is 60.7 Å². The summed E-state index contributed by atoms with van der Waals surface area (Å²) in [6.45, 7) is 1.53. The number of rotatable bonds is 7. The Balaban J connectivity index is 0.000000177. The first-order valence-electron chi connectivity index (χ1n) is 14.4. The molecule has 0 spiro atoms. The highest BCUT2D eigenvalue weighted by Gasteiger charge is 2.53. The fourth-order valence-electron chi connectivity index (χ4n) is 5.80. The molecule has 44 heavy (non-hydrogen) atoms. The van der Waals surface area contributed by atoms with Crippen LogP contribution in [0.4, 0.5) is 8.78 Å². The van der Waals surface area contributed by atoms with Crippen molar-refractivity contribution in [3.8, 4) is 0 Å². The molecule has 7 unspecified atom stereocenters. The summed E-state index contributed by atoms with van der Waals surface area (Å²) in [5, 5.41) is 28.3. The Hall–Kier alpha value is -4.10. The molecule has 0 aromatic heterocycles. The lowest BCUT2D eigenvalue weighted by Gasteiger charge is -2.39. The summed E-state index contributed by atoms with van der Waals surface area (Å²) >= 11 is 0. The maximum absolute atomic E-state index is 14.7. The Bertz CT molecular complexity index is 1380. The van der Waals surface area contributed by atoms with Gasteiger partial charge in [0.15, 0.2) is 24.6 Å². The molecule has 2 aromatic rings. The lowest BCUT2D eigenvalue weighted by atomic mass is 9.86. The van der Waals surface area contributed by atoms with Crippen molar-refractivity contribution in [2.24, 2.45) is 27.1 Å². The van der Waals surface area contributed by atoms with Gasteiger partial charge in [0.05, 0.1) is 18.5 Å². The number of carbonyl (C=O) groups is 3. The number of azo groups is 1. The number of aliphatic hydroxyl groups excluding tert-OH is 2. The van der Waals surface area contributed by atoms with Crippen LogP contribution in [0.2, 0.25) is 0 Å². The quantitative estimate of drug-likeness (QED) is 0.356. The van der Waals surface area contributed by atoms with Crippen molar-refractivity contribution in [2.75, 3.05) is 6.54 Å². The van der Waals surface area contributed by atoms with Gasteiger partial charge in [-0.25, -0.2) is 8.78 Å². The molecule has 0 bridgehead atoms. The van der Waals surface area contributed by atoms with Gasteiger partial charge in [0.25, 0.3) is 0 Å². The number of aliphatic imine (C=N–C) groups is 1. The van der Waals surface area contributed by atoms with Gasteiger partial charge in [0.1, 0.15) is 30.3 Å². The standard InChI is InChI=1S/C17H18FNO5.C14H15FN2O3/c1-9(20)23-15-13-11(7-8-19-13)17(22)24-16(15)14(21)12(18)10-5-3-2-4-6-10;15-12(8-4-2-1-3-5-8)13(18)11-6-10-9(7-16-17-10)14(19)20-11/h2-6,8,11-16,21H,7H2,1H3;1-5,9-13,18H,6-7H2/t11?,12?,13?,14-,15?,16-;9?,10?,11-,12?,13-/m01/s1. The normalized spacial score (nSPS) is 31.2. The van der Waals surface area contributed by atoms with E-state index in [0.717, 1.165) is 0 Å². The number of aliphatic hydroxyl groups is 2. The molecule has 2 N–H and O–H groups in total. The Labute approximate surface area is 251 Å². The summed E-state index contributed by atoms with van der Waals surface area (Å²) in [6.07, 6.45) is -7.39. The molecule has 2 fully saturated rings. The van der Waals surface area contributed by atoms with Gasteiger partial charge in [-0.3, -0.25) is 19.4 Å². The summed E-state index contributed by atoms with van der Waals surface area (Å²) < 4.78 is 44.6. The van der Waals surface area contributed by atoms with Gasteiger partial charge in [0.2, 0.25) is 0 Å². The van der Waals surface area contributed by atoms with E-state index in [2.05, 4.69) is 15.2 Å². The largest absolute Gasteiger partial charge is 0.459 e. The van der Waals surface area contributed by atoms with E-state index in [4.69, 9.17) is 14.2 Å². The summed E-state index contributed by atoms with van der Waals surface area (Å²) in [5.41, 5.74) is 0.617. The second-order valence-corrected chi connectivity index (χ2v) is 11.1. The van der Waals surface area contributed by atoms with E-state index in [-0.39, 0.29) is 17.5 Å². The summed E-state index contributed by atoms with van der Waals surface area (Å²) in [4.78, 5) is 39.4. The molecule has 234 valence electrons. The molecule has 0 aliphatic carbocycles. The molecule has 0 amide bonds. The maximum Gasteiger partial charge on any atom is 0.313 e. The van der Waals surface area contributed by atoms with Crippen molar-refractivity contribution in [2.45, 2.75) is 74.7 Å². The van der Waals surface area contributed by atoms with Crippen LogP contribution in [0.1, 0.15) is 43.2 Å². The molecule has 13 heteroatoms. The molecule has 0 radical (unpaired) electrons. The van der Waals surface area contributed by atoms with Crippen LogP contribution in [0.25, 0.3) is 0 Å². The van der Waals surface area contributed by atoms with Crippen molar-refractivity contribution in [1.29, 1.82) is 0 Å². The number of fused-ring (bicyclic) bond motifs is 2. The smallest absolute Gasteiger partial charge is 0.313 e. The summed E-state index contributed by atoms with van der Waals surface area (Å²) in [6, 6.07) is 15.5. The van der Waals surface area contributed by atoms with Gasteiger partial charge >= 0.3 is 17.9 Å². The number of hydrogen-bond donors (Lipinski definition) is 2. The van der Waals surface area contributed by atoms with E-state index in [9.17, 15) is 33.4 Å². The van der Waals surface area contributed by atoms with Crippen molar-refractivity contribution in [3.63, 3.8) is 0 Å². The lowest BCUT2D eigenvalue weighted by Crippen LogP contribution is -2.57. The molecule has 4 heterocycles. The van der Waals surface area contributed by atoms with Crippen LogP contribution in [0, 0.1) is 11.8 Å². The van der Waals surface area contributed by atoms with E-state index >= 15 is 0 Å². The molecule has 11 atom stereocenters. The number of nitrogens with zero attached hydrogens (tertiary/aromatic N) is 3. The molecular weight excluding hydrogens is 580 g/mol. The van der Waals surface area contributed by atoms with Crippen LogP contribution in [0.15, 0.2) is 75.9 Å². The molecule has 2 aromatic carbocycles. The second kappa shape index (κ2) is 13.7. The first-order valence-corrected chi connectivity index (χ1v) is 14.4. The van der Waals surface area contributed by atoms with Gasteiger partial charge in [-0.05, 0) is 17.5 Å². The molecule has 6 rings (SSSR count). The highest BCUT2D eigenvalue weighted by Crippen LogP contribution is 2.37. The van der Waals surface area contributed by atoms with E-state index in [0.29, 0.717) is 24.9 Å². The van der Waals surface area contributed by atoms with Gasteiger partial charge < -0.3 is 24.4 Å². The third-order valence-corrected chi connectivity index (χ3v) is 8.14. The minimum atomic E-state index is -1.79. The van der Waals surface area contributed by atoms with Gasteiger partial charge in [-0.15, -0.1) is 0 Å². The second-order valence-electron chi connectivity index (χ2n) is 11.1. The number of cyclic esters (lactones) is 2. The van der Waals surface area contributed by atoms with E-state index in [1.807, 2.05) is 0 Å². The third-order valence-electron chi connectivity index (χ3n) is 8.14. The SMILES string of the molecule is CC(=O)OC1C2N=CCC2C(=O)O[C@H]1[C@@H](O)C(F)c1ccccc1.O=C1O[C@@H]([C@@H](O)C(F)c2ccccc2)CC2N=NCC12. The number of esters is 3. The number of carbonyl (C=O) groups excluding carboxylic acids is 3. The number of benzene rings is 2. The van der Waals surface area contributed by atoms with Crippen LogP contribution < -0.4 is 0 Å². The molecule has 0 saturated carbocycles. The molecule has 4 aliphatic rings. The van der Waals surface area contributed by atoms with Crippen molar-refractivity contribution in [1.82, 2.24) is 0 Å². The fraction of sp³-hybridized carbons (Fsp3) is 0.484. The maximum atomic E-state index is 14.7. The number of hydrogen-bond acceptors (Lipinski definition) is 11. The van der Waals surface area contributed by atoms with Crippen molar-refractivity contribution in [3.05, 3.63) is 71.8 Å². The first kappa shape index (κ1) is 31.3. The average Bonchev–Trinajstić information content (AvgIpc) is 3.73. The average molecular weight is 614 g/mol. The highest BCUT2D eigenvalue weighted by molar-refractivity contribution is 5.81. The Morgan fingerprint density at radius 2 is 1.50 bits per heavy atom. The Kier molecular flexibility index (Phi) is 9.74. The Morgan fingerprint density at radius 3 is 2.11 bits per heavy atom. The van der Waals surface area contributed by atoms with Crippen LogP contribution in [0.3, 0.4) is 0 Å². The fourth-order valence-corrected chi connectivity index (χ4v) is 5.80. The van der Waals surface area contributed by atoms with Gasteiger partial charge in [0, 0.05) is 19.6 Å². The topological polar surface area (TPSA) is 156 Å². The Morgan fingerprint density at radius 1 is 0.909 bits per heavy atom. The van der Waals surface area contributed by atoms with E-state index in [1.165, 1.54) is 19.1 Å². The predicted octanol–water partition coefficient (Wildman–Crippen LogP) is 3.20. The number of alkyl halides is 2. The van der Waals surface area contributed by atoms with Gasteiger partial charge in [-0.2, -0.15) is 10.2 Å². The lowest BCUT2D eigenvalue weighted by molar-refractivity contribution is -0.200. The summed E-state index contributed by atoms with van der Waals surface area (Å²) in [5.74, 6) is -2.55. The molecular formula is C31H33F2N3O8. The van der Waals surface area contributed by atoms with Crippen LogP contribution in [-0.4, -0.2) is 83.5 Å². The molecule has 2 saturated heterocycles.